The van der Waals surface area contributed by atoms with Gasteiger partial charge >= 0.3 is 0 Å². The first-order valence-electron chi connectivity index (χ1n) is 8.48. The van der Waals surface area contributed by atoms with E-state index in [2.05, 4.69) is 5.32 Å². The second-order valence-electron chi connectivity index (χ2n) is 6.56. The Balaban J connectivity index is 1.63. The fraction of sp³-hybridized carbons (Fsp3) is 0.611. The summed E-state index contributed by atoms with van der Waals surface area (Å²) in [5.41, 5.74) is 0.619. The molecule has 6 heteroatoms. The first kappa shape index (κ1) is 17.6. The molecule has 1 amide bonds. The number of rotatable bonds is 5. The van der Waals surface area contributed by atoms with Gasteiger partial charge in [0.15, 0.2) is 0 Å². The van der Waals surface area contributed by atoms with Crippen LogP contribution in [0.2, 0.25) is 5.02 Å². The van der Waals surface area contributed by atoms with Gasteiger partial charge in [0.2, 0.25) is 5.91 Å². The lowest BCUT2D eigenvalue weighted by Gasteiger charge is -2.57. The molecule has 2 fully saturated rings. The normalized spacial score (nSPS) is 25.3. The van der Waals surface area contributed by atoms with Gasteiger partial charge in [0.25, 0.3) is 0 Å². The van der Waals surface area contributed by atoms with Gasteiger partial charge in [-0.3, -0.25) is 4.79 Å². The van der Waals surface area contributed by atoms with Crippen LogP contribution in [0.15, 0.2) is 18.2 Å². The van der Waals surface area contributed by atoms with E-state index in [1.807, 2.05) is 6.92 Å². The summed E-state index contributed by atoms with van der Waals surface area (Å²) in [5, 5.41) is 3.41. The van der Waals surface area contributed by atoms with Gasteiger partial charge in [0.1, 0.15) is 5.82 Å². The third-order valence-corrected chi connectivity index (χ3v) is 5.63. The van der Waals surface area contributed by atoms with Gasteiger partial charge in [-0.2, -0.15) is 0 Å². The minimum absolute atomic E-state index is 0.0174. The van der Waals surface area contributed by atoms with Crippen LogP contribution in [0.1, 0.15) is 31.7 Å². The molecule has 1 N–H and O–H groups in total. The third-order valence-electron chi connectivity index (χ3n) is 5.28. The van der Waals surface area contributed by atoms with E-state index in [1.165, 1.54) is 12.1 Å². The average Bonchev–Trinajstić information content (AvgIpc) is 2.57. The highest BCUT2D eigenvalue weighted by atomic mass is 35.5. The molecule has 1 spiro atoms. The molecule has 3 rings (SSSR count). The molecular weight excluding hydrogens is 333 g/mol. The molecule has 1 saturated carbocycles. The summed E-state index contributed by atoms with van der Waals surface area (Å²) in [6.45, 7) is 4.09. The molecule has 0 aromatic heterocycles. The molecule has 0 radical (unpaired) electrons. The van der Waals surface area contributed by atoms with E-state index >= 15 is 0 Å². The van der Waals surface area contributed by atoms with Crippen LogP contribution in [0, 0.1) is 11.2 Å². The zero-order valence-electron chi connectivity index (χ0n) is 13.8. The third kappa shape index (κ3) is 3.44. The Morgan fingerprint density at radius 1 is 1.46 bits per heavy atom. The number of nitrogens with one attached hydrogen (secondary N) is 1. The van der Waals surface area contributed by atoms with Gasteiger partial charge in [0.05, 0.1) is 12.5 Å². The van der Waals surface area contributed by atoms with Crippen LogP contribution < -0.4 is 5.32 Å². The van der Waals surface area contributed by atoms with E-state index in [1.54, 1.807) is 6.07 Å². The smallest absolute Gasteiger partial charge is 0.224 e. The molecule has 2 aliphatic rings. The van der Waals surface area contributed by atoms with Crippen molar-refractivity contribution < 1.29 is 18.7 Å². The van der Waals surface area contributed by atoms with Gasteiger partial charge in [0, 0.05) is 36.3 Å². The average molecular weight is 356 g/mol. The van der Waals surface area contributed by atoms with Gasteiger partial charge in [-0.05, 0) is 43.9 Å². The Labute approximate surface area is 146 Å². The van der Waals surface area contributed by atoms with Crippen molar-refractivity contribution in [2.75, 3.05) is 19.8 Å². The predicted molar refractivity (Wildman–Crippen MR) is 89.6 cm³/mol. The molecule has 24 heavy (non-hydrogen) atoms. The van der Waals surface area contributed by atoms with Crippen LogP contribution in [0.25, 0.3) is 0 Å². The Kier molecular flexibility index (Phi) is 5.42. The van der Waals surface area contributed by atoms with Crippen LogP contribution in [0.3, 0.4) is 0 Å². The Morgan fingerprint density at radius 2 is 2.21 bits per heavy atom. The lowest BCUT2D eigenvalue weighted by Crippen LogP contribution is -2.66. The monoisotopic (exact) mass is 355 g/mol. The SMILES string of the molecule is CCO[C@@H]1C[C@@H](NC(=O)Cc2ccc(F)cc2Cl)C12CCOCC2. The second kappa shape index (κ2) is 7.38. The lowest BCUT2D eigenvalue weighted by atomic mass is 9.57. The van der Waals surface area contributed by atoms with Crippen molar-refractivity contribution in [2.24, 2.45) is 5.41 Å². The minimum Gasteiger partial charge on any atom is -0.381 e. The number of amides is 1. The topological polar surface area (TPSA) is 47.6 Å². The Hall–Kier alpha value is -1.17. The maximum atomic E-state index is 13.1. The zero-order chi connectivity index (χ0) is 17.2. The second-order valence-corrected chi connectivity index (χ2v) is 6.97. The molecule has 4 nitrogen and oxygen atoms in total. The van der Waals surface area contributed by atoms with Crippen molar-refractivity contribution in [1.82, 2.24) is 5.32 Å². The molecule has 1 aliphatic carbocycles. The number of ether oxygens (including phenoxy) is 2. The standard InChI is InChI=1S/C18H23ClFNO3/c1-2-24-16-11-15(18(16)5-7-23-8-6-18)21-17(22)9-12-3-4-13(20)10-14(12)19/h3-4,10,15-16H,2,5-9,11H2,1H3,(H,21,22)/t15-,16-/m1/s1. The molecule has 0 unspecified atom stereocenters. The Morgan fingerprint density at radius 3 is 2.88 bits per heavy atom. The van der Waals surface area contributed by atoms with E-state index in [0.29, 0.717) is 25.4 Å². The molecule has 1 heterocycles. The van der Waals surface area contributed by atoms with E-state index in [9.17, 15) is 9.18 Å². The molecule has 1 aromatic carbocycles. The van der Waals surface area contributed by atoms with Gasteiger partial charge in [-0.1, -0.05) is 17.7 Å². The highest BCUT2D eigenvalue weighted by molar-refractivity contribution is 6.31. The predicted octanol–water partition coefficient (Wildman–Crippen LogP) is 3.11. The quantitative estimate of drug-likeness (QED) is 0.882. The summed E-state index contributed by atoms with van der Waals surface area (Å²) < 4.78 is 24.4. The number of carbonyl (C=O) groups excluding carboxylic acids is 1. The molecule has 1 saturated heterocycles. The minimum atomic E-state index is -0.399. The van der Waals surface area contributed by atoms with Crippen LogP contribution in [-0.4, -0.2) is 37.9 Å². The van der Waals surface area contributed by atoms with Gasteiger partial charge in [-0.15, -0.1) is 0 Å². The van der Waals surface area contributed by atoms with Crippen molar-refractivity contribution >= 4 is 17.5 Å². The molecule has 2 atom stereocenters. The molecular formula is C18H23ClFNO3. The zero-order valence-corrected chi connectivity index (χ0v) is 14.6. The first-order chi connectivity index (χ1) is 11.5. The maximum absolute atomic E-state index is 13.1. The number of halogens is 2. The van der Waals surface area contributed by atoms with Gasteiger partial charge < -0.3 is 14.8 Å². The van der Waals surface area contributed by atoms with Crippen molar-refractivity contribution in [1.29, 1.82) is 0 Å². The van der Waals surface area contributed by atoms with Crippen LogP contribution in [0.4, 0.5) is 4.39 Å². The summed E-state index contributed by atoms with van der Waals surface area (Å²) in [4.78, 5) is 12.4. The van der Waals surface area contributed by atoms with Crippen molar-refractivity contribution in [3.8, 4) is 0 Å². The number of hydrogen-bond acceptors (Lipinski definition) is 3. The molecule has 1 aliphatic heterocycles. The van der Waals surface area contributed by atoms with Crippen molar-refractivity contribution in [3.63, 3.8) is 0 Å². The summed E-state index contributed by atoms with van der Waals surface area (Å²) in [5.74, 6) is -0.488. The van der Waals surface area contributed by atoms with E-state index in [-0.39, 0.29) is 34.9 Å². The van der Waals surface area contributed by atoms with Crippen LogP contribution in [0.5, 0.6) is 0 Å². The highest BCUT2D eigenvalue weighted by Gasteiger charge is 2.56. The molecule has 132 valence electrons. The fourth-order valence-corrected chi connectivity index (χ4v) is 4.12. The van der Waals surface area contributed by atoms with Crippen LogP contribution in [-0.2, 0) is 20.7 Å². The summed E-state index contributed by atoms with van der Waals surface area (Å²) >= 11 is 6.01. The lowest BCUT2D eigenvalue weighted by molar-refractivity contribution is -0.175. The highest BCUT2D eigenvalue weighted by Crippen LogP contribution is 2.50. The van der Waals surface area contributed by atoms with E-state index < -0.39 is 5.82 Å². The largest absolute Gasteiger partial charge is 0.381 e. The van der Waals surface area contributed by atoms with Crippen molar-refractivity contribution in [2.45, 2.75) is 44.8 Å². The van der Waals surface area contributed by atoms with E-state index in [4.69, 9.17) is 21.1 Å². The summed E-state index contributed by atoms with van der Waals surface area (Å²) in [6, 6.07) is 4.22. The maximum Gasteiger partial charge on any atom is 0.224 e. The van der Waals surface area contributed by atoms with Crippen LogP contribution >= 0.6 is 11.6 Å². The number of hydrogen-bond donors (Lipinski definition) is 1. The van der Waals surface area contributed by atoms with Crippen molar-refractivity contribution in [3.05, 3.63) is 34.6 Å². The first-order valence-corrected chi connectivity index (χ1v) is 8.85. The van der Waals surface area contributed by atoms with E-state index in [0.717, 1.165) is 19.3 Å². The number of carbonyl (C=O) groups is 1. The molecule has 1 aromatic rings. The number of benzene rings is 1. The summed E-state index contributed by atoms with van der Waals surface area (Å²) in [6.07, 6.45) is 2.98. The molecule has 0 bridgehead atoms. The fourth-order valence-electron chi connectivity index (χ4n) is 3.89. The Bertz CT molecular complexity index is 604. The van der Waals surface area contributed by atoms with Gasteiger partial charge in [-0.25, -0.2) is 4.39 Å². The summed E-state index contributed by atoms with van der Waals surface area (Å²) in [7, 11) is 0.